The van der Waals surface area contributed by atoms with Crippen molar-refractivity contribution in [2.45, 2.75) is 42.6 Å². The van der Waals surface area contributed by atoms with E-state index in [2.05, 4.69) is 10.6 Å². The molecule has 1 heterocycles. The molecule has 0 saturated carbocycles. The highest BCUT2D eigenvalue weighted by Crippen LogP contribution is 2.41. The van der Waals surface area contributed by atoms with Crippen LogP contribution < -0.4 is 10.6 Å². The minimum Gasteiger partial charge on any atom is -0.462 e. The zero-order valence-electron chi connectivity index (χ0n) is 17.0. The molecule has 0 bridgehead atoms. The summed E-state index contributed by atoms with van der Waals surface area (Å²) in [7, 11) is 0. The second kappa shape index (κ2) is 10.2. The summed E-state index contributed by atoms with van der Waals surface area (Å²) in [6.45, 7) is 1.91. The minimum absolute atomic E-state index is 0.186. The highest BCUT2D eigenvalue weighted by Gasteiger charge is 2.37. The molecule has 0 aliphatic heterocycles. The summed E-state index contributed by atoms with van der Waals surface area (Å²) in [5, 5.41) is 17.1. The van der Waals surface area contributed by atoms with E-state index >= 15 is 0 Å². The average Bonchev–Trinajstić information content (AvgIpc) is 3.10. The molecule has 1 aliphatic carbocycles. The number of halogens is 3. The third-order valence-electron chi connectivity index (χ3n) is 4.87. The fourth-order valence-electron chi connectivity index (χ4n) is 3.45. The van der Waals surface area contributed by atoms with Gasteiger partial charge in [-0.05, 0) is 44.2 Å². The van der Waals surface area contributed by atoms with E-state index in [9.17, 15) is 19.7 Å². The van der Waals surface area contributed by atoms with Crippen LogP contribution in [0.1, 0.15) is 50.9 Å². The Bertz CT molecular complexity index is 1040. The van der Waals surface area contributed by atoms with E-state index in [4.69, 9.17) is 39.5 Å². The van der Waals surface area contributed by atoms with Gasteiger partial charge in [0.15, 0.2) is 0 Å². The highest BCUT2D eigenvalue weighted by atomic mass is 35.6. The molecule has 1 atom stereocenters. The SMILES string of the molecule is CCOC(=O)c1c(NC(NC(=O)c2ccccc2[N+](=O)[O-])C(Cl)(Cl)Cl)sc2c1CCCC2. The number of nitro benzene ring substituents is 1. The summed E-state index contributed by atoms with van der Waals surface area (Å²) in [5.74, 6) is -1.30. The number of ether oxygens (including phenoxy) is 1. The maximum absolute atomic E-state index is 12.8. The minimum atomic E-state index is -2.03. The van der Waals surface area contributed by atoms with E-state index in [-0.39, 0.29) is 17.9 Å². The van der Waals surface area contributed by atoms with Gasteiger partial charge in [-0.3, -0.25) is 14.9 Å². The van der Waals surface area contributed by atoms with E-state index in [1.54, 1.807) is 6.92 Å². The molecule has 1 amide bonds. The maximum Gasteiger partial charge on any atom is 0.341 e. The number of thiophene rings is 1. The van der Waals surface area contributed by atoms with E-state index in [1.807, 2.05) is 0 Å². The topological polar surface area (TPSA) is 111 Å². The molecule has 0 radical (unpaired) electrons. The molecule has 12 heteroatoms. The van der Waals surface area contributed by atoms with Crippen molar-refractivity contribution in [3.63, 3.8) is 0 Å². The van der Waals surface area contributed by atoms with Crippen LogP contribution in [-0.4, -0.2) is 33.4 Å². The van der Waals surface area contributed by atoms with Crippen LogP contribution in [0, 0.1) is 10.1 Å². The number of carbonyl (C=O) groups excluding carboxylic acids is 2. The van der Waals surface area contributed by atoms with Gasteiger partial charge in [0.2, 0.25) is 3.79 Å². The average molecular weight is 521 g/mol. The molecule has 0 saturated heterocycles. The van der Waals surface area contributed by atoms with Crippen LogP contribution in [0.4, 0.5) is 10.7 Å². The van der Waals surface area contributed by atoms with Crippen molar-refractivity contribution < 1.29 is 19.2 Å². The number of nitrogens with zero attached hydrogens (tertiary/aromatic N) is 1. The molecule has 32 heavy (non-hydrogen) atoms. The van der Waals surface area contributed by atoms with Gasteiger partial charge in [0.05, 0.1) is 17.1 Å². The van der Waals surface area contributed by atoms with Gasteiger partial charge in [0.1, 0.15) is 16.7 Å². The van der Waals surface area contributed by atoms with Gasteiger partial charge in [-0.1, -0.05) is 46.9 Å². The number of benzene rings is 1. The summed E-state index contributed by atoms with van der Waals surface area (Å²) in [4.78, 5) is 37.1. The van der Waals surface area contributed by atoms with Crippen LogP contribution in [-0.2, 0) is 17.6 Å². The van der Waals surface area contributed by atoms with Crippen molar-refractivity contribution in [3.8, 4) is 0 Å². The molecule has 3 rings (SSSR count). The van der Waals surface area contributed by atoms with Crippen molar-refractivity contribution in [2.24, 2.45) is 0 Å². The molecule has 1 aromatic heterocycles. The number of esters is 1. The molecule has 1 aliphatic rings. The Balaban J connectivity index is 1.94. The van der Waals surface area contributed by atoms with Gasteiger partial charge < -0.3 is 15.4 Å². The Morgan fingerprint density at radius 3 is 2.59 bits per heavy atom. The van der Waals surface area contributed by atoms with Gasteiger partial charge in [-0.15, -0.1) is 11.3 Å². The number of fused-ring (bicyclic) bond motifs is 1. The lowest BCUT2D eigenvalue weighted by molar-refractivity contribution is -0.385. The molecular formula is C20H20Cl3N3O5S. The lowest BCUT2D eigenvalue weighted by atomic mass is 9.95. The van der Waals surface area contributed by atoms with Crippen LogP contribution >= 0.6 is 46.1 Å². The quantitative estimate of drug-likeness (QED) is 0.170. The van der Waals surface area contributed by atoms with Gasteiger partial charge in [0, 0.05) is 10.9 Å². The molecule has 172 valence electrons. The highest BCUT2D eigenvalue weighted by molar-refractivity contribution is 7.16. The van der Waals surface area contributed by atoms with Crippen LogP contribution in [0.3, 0.4) is 0 Å². The number of anilines is 1. The fourth-order valence-corrected chi connectivity index (χ4v) is 5.08. The van der Waals surface area contributed by atoms with Gasteiger partial charge in [-0.25, -0.2) is 4.79 Å². The van der Waals surface area contributed by atoms with Gasteiger partial charge in [0.25, 0.3) is 11.6 Å². The number of hydrogen-bond acceptors (Lipinski definition) is 7. The number of alkyl halides is 3. The predicted octanol–water partition coefficient (Wildman–Crippen LogP) is 5.25. The first-order chi connectivity index (χ1) is 15.1. The van der Waals surface area contributed by atoms with Crippen LogP contribution in [0.5, 0.6) is 0 Å². The zero-order valence-corrected chi connectivity index (χ0v) is 20.0. The molecule has 8 nitrogen and oxygen atoms in total. The number of hydrogen-bond donors (Lipinski definition) is 2. The Labute approximate surface area is 203 Å². The Morgan fingerprint density at radius 2 is 1.94 bits per heavy atom. The van der Waals surface area contributed by atoms with Crippen LogP contribution in [0.2, 0.25) is 0 Å². The van der Waals surface area contributed by atoms with Crippen molar-refractivity contribution >= 4 is 68.7 Å². The first kappa shape index (κ1) is 24.6. The summed E-state index contributed by atoms with van der Waals surface area (Å²) in [6, 6.07) is 5.45. The number of aryl methyl sites for hydroxylation is 1. The Morgan fingerprint density at radius 1 is 1.25 bits per heavy atom. The largest absolute Gasteiger partial charge is 0.462 e. The number of para-hydroxylation sites is 1. The number of rotatable bonds is 7. The third kappa shape index (κ3) is 5.46. The molecule has 0 spiro atoms. The predicted molar refractivity (Wildman–Crippen MR) is 125 cm³/mol. The van der Waals surface area contributed by atoms with E-state index in [0.29, 0.717) is 10.6 Å². The number of nitrogens with one attached hydrogen (secondary N) is 2. The zero-order chi connectivity index (χ0) is 23.5. The summed E-state index contributed by atoms with van der Waals surface area (Å²) in [6.07, 6.45) is 2.20. The van der Waals surface area contributed by atoms with Gasteiger partial charge in [-0.2, -0.15) is 0 Å². The van der Waals surface area contributed by atoms with Crippen LogP contribution in [0.15, 0.2) is 24.3 Å². The smallest absolute Gasteiger partial charge is 0.341 e. The lowest BCUT2D eigenvalue weighted by Crippen LogP contribution is -2.49. The molecular weight excluding hydrogens is 501 g/mol. The van der Waals surface area contributed by atoms with E-state index < -0.39 is 26.8 Å². The number of amides is 1. The van der Waals surface area contributed by atoms with Crippen molar-refractivity contribution in [3.05, 3.63) is 55.9 Å². The second-order valence-corrected chi connectivity index (χ2v) is 10.5. The number of carbonyl (C=O) groups is 2. The molecule has 2 aromatic rings. The second-order valence-electron chi connectivity index (χ2n) is 7.00. The lowest BCUT2D eigenvalue weighted by Gasteiger charge is -2.27. The summed E-state index contributed by atoms with van der Waals surface area (Å²) in [5.41, 5.74) is 0.697. The fraction of sp³-hybridized carbons (Fsp3) is 0.400. The first-order valence-electron chi connectivity index (χ1n) is 9.82. The van der Waals surface area contributed by atoms with Crippen molar-refractivity contribution in [2.75, 3.05) is 11.9 Å². The van der Waals surface area contributed by atoms with E-state index in [0.717, 1.165) is 36.1 Å². The molecule has 1 aromatic carbocycles. The summed E-state index contributed by atoms with van der Waals surface area (Å²) >= 11 is 19.7. The summed E-state index contributed by atoms with van der Waals surface area (Å²) < 4.78 is 3.19. The Kier molecular flexibility index (Phi) is 7.87. The normalized spacial score (nSPS) is 14.2. The molecule has 0 fully saturated rings. The van der Waals surface area contributed by atoms with Gasteiger partial charge >= 0.3 is 5.97 Å². The maximum atomic E-state index is 12.8. The molecule has 1 unspecified atom stereocenters. The first-order valence-corrected chi connectivity index (χ1v) is 11.8. The van der Waals surface area contributed by atoms with E-state index in [1.165, 1.54) is 35.6 Å². The van der Waals surface area contributed by atoms with Crippen molar-refractivity contribution in [1.29, 1.82) is 0 Å². The monoisotopic (exact) mass is 519 g/mol. The standard InChI is InChI=1S/C20H20Cl3N3O5S/c1-2-31-18(28)15-12-8-4-6-10-14(12)32-17(15)25-19(20(21,22)23)24-16(27)11-7-3-5-9-13(11)26(29)30/h3,5,7,9,19,25H,2,4,6,8,10H2,1H3,(H,24,27). The number of nitro groups is 1. The van der Waals surface area contributed by atoms with Crippen molar-refractivity contribution in [1.82, 2.24) is 5.32 Å². The molecule has 2 N–H and O–H groups in total. The Hall–Kier alpha value is -2.07. The van der Waals surface area contributed by atoms with Crippen LogP contribution in [0.25, 0.3) is 0 Å². The third-order valence-corrected chi connectivity index (χ3v) is 6.75.